The number of rotatable bonds is 5. The van der Waals surface area contributed by atoms with Gasteiger partial charge in [-0.25, -0.2) is 0 Å². The molecular weight excluding hydrogens is 518 g/mol. The Morgan fingerprint density at radius 1 is 0.395 bits per heavy atom. The van der Waals surface area contributed by atoms with Gasteiger partial charge in [-0.15, -0.1) is 0 Å². The first kappa shape index (κ1) is 25.3. The highest BCUT2D eigenvalue weighted by Crippen LogP contribution is 2.57. The second-order valence-electron chi connectivity index (χ2n) is 11.5. The molecule has 0 aromatic heterocycles. The first-order valence-electron chi connectivity index (χ1n) is 14.9. The fourth-order valence-electron chi connectivity index (χ4n) is 7.03. The van der Waals surface area contributed by atoms with E-state index in [1.165, 1.54) is 49.7 Å². The highest BCUT2D eigenvalue weighted by Gasteiger charge is 2.46. The summed E-state index contributed by atoms with van der Waals surface area (Å²) in [5, 5.41) is 2.47. The molecule has 0 saturated carbocycles. The van der Waals surface area contributed by atoms with Crippen LogP contribution in [0.4, 0.5) is 17.1 Å². The third kappa shape index (κ3) is 4.00. The Balaban J connectivity index is 1.42. The number of aryl methyl sites for hydroxylation is 1. The van der Waals surface area contributed by atoms with Crippen LogP contribution in [0.5, 0.6) is 0 Å². The van der Waals surface area contributed by atoms with E-state index in [-0.39, 0.29) is 0 Å². The fraction of sp³-hybridized carbons (Fsp3) is 0.0476. The number of fused-ring (bicyclic) bond motifs is 4. The van der Waals surface area contributed by atoms with E-state index in [0.29, 0.717) is 0 Å². The van der Waals surface area contributed by atoms with Crippen molar-refractivity contribution in [1.82, 2.24) is 0 Å². The highest BCUT2D eigenvalue weighted by molar-refractivity contribution is 5.92. The van der Waals surface area contributed by atoms with Crippen molar-refractivity contribution in [3.05, 3.63) is 198 Å². The summed E-state index contributed by atoms with van der Waals surface area (Å²) in [6.07, 6.45) is 0. The van der Waals surface area contributed by atoms with Crippen molar-refractivity contribution < 1.29 is 0 Å². The Kier molecular flexibility index (Phi) is 5.98. The summed E-state index contributed by atoms with van der Waals surface area (Å²) in [7, 11) is 0. The minimum Gasteiger partial charge on any atom is -0.310 e. The third-order valence-electron chi connectivity index (χ3n) is 8.98. The van der Waals surface area contributed by atoms with Crippen LogP contribution < -0.4 is 4.90 Å². The van der Waals surface area contributed by atoms with Crippen molar-refractivity contribution in [1.29, 1.82) is 0 Å². The molecule has 8 rings (SSSR count). The summed E-state index contributed by atoms with van der Waals surface area (Å²) in [6, 6.07) is 62.2. The topological polar surface area (TPSA) is 3.24 Å². The van der Waals surface area contributed by atoms with E-state index in [1.807, 2.05) is 0 Å². The van der Waals surface area contributed by atoms with Crippen LogP contribution in [0.25, 0.3) is 21.9 Å². The van der Waals surface area contributed by atoms with Gasteiger partial charge in [-0.3, -0.25) is 0 Å². The maximum atomic E-state index is 2.43. The van der Waals surface area contributed by atoms with Gasteiger partial charge in [0.15, 0.2) is 0 Å². The lowest BCUT2D eigenvalue weighted by Gasteiger charge is -2.35. The molecule has 1 nitrogen and oxygen atoms in total. The number of anilines is 3. The molecule has 0 amide bonds. The first-order valence-corrected chi connectivity index (χ1v) is 14.9. The zero-order valence-corrected chi connectivity index (χ0v) is 24.1. The van der Waals surface area contributed by atoms with Gasteiger partial charge in [-0.05, 0) is 87.5 Å². The van der Waals surface area contributed by atoms with Crippen molar-refractivity contribution in [2.24, 2.45) is 0 Å². The molecule has 0 unspecified atom stereocenters. The van der Waals surface area contributed by atoms with Gasteiger partial charge in [-0.2, -0.15) is 0 Å². The molecular formula is C42H31N. The maximum Gasteiger partial charge on any atom is 0.0714 e. The Labute approximate surface area is 253 Å². The van der Waals surface area contributed by atoms with Crippen LogP contribution in [0.15, 0.2) is 170 Å². The normalized spacial score (nSPS) is 13.0. The molecule has 0 aliphatic heterocycles. The molecule has 0 bridgehead atoms. The molecule has 43 heavy (non-hydrogen) atoms. The van der Waals surface area contributed by atoms with Crippen molar-refractivity contribution in [3.8, 4) is 11.1 Å². The van der Waals surface area contributed by atoms with E-state index in [2.05, 4.69) is 182 Å². The Bertz CT molecular complexity index is 2040. The lowest BCUT2D eigenvalue weighted by molar-refractivity contribution is 0.768. The van der Waals surface area contributed by atoms with Gasteiger partial charge in [0, 0.05) is 17.1 Å². The van der Waals surface area contributed by atoms with Gasteiger partial charge in [0.05, 0.1) is 5.41 Å². The minimum atomic E-state index is -0.438. The van der Waals surface area contributed by atoms with Gasteiger partial charge < -0.3 is 4.90 Å². The van der Waals surface area contributed by atoms with Crippen LogP contribution in [-0.4, -0.2) is 0 Å². The van der Waals surface area contributed by atoms with Gasteiger partial charge in [0.25, 0.3) is 0 Å². The predicted octanol–water partition coefficient (Wildman–Crippen LogP) is 11.0. The largest absolute Gasteiger partial charge is 0.310 e. The van der Waals surface area contributed by atoms with E-state index in [0.717, 1.165) is 17.1 Å². The van der Waals surface area contributed by atoms with E-state index in [1.54, 1.807) is 0 Å². The van der Waals surface area contributed by atoms with Crippen molar-refractivity contribution >= 4 is 27.8 Å². The van der Waals surface area contributed by atoms with Gasteiger partial charge in [0.1, 0.15) is 0 Å². The fourth-order valence-corrected chi connectivity index (χ4v) is 7.03. The number of hydrogen-bond donors (Lipinski definition) is 0. The molecule has 0 spiro atoms. The van der Waals surface area contributed by atoms with Gasteiger partial charge >= 0.3 is 0 Å². The van der Waals surface area contributed by atoms with Crippen molar-refractivity contribution in [3.63, 3.8) is 0 Å². The summed E-state index contributed by atoms with van der Waals surface area (Å²) in [6.45, 7) is 2.14. The van der Waals surface area contributed by atoms with E-state index in [4.69, 9.17) is 0 Å². The van der Waals surface area contributed by atoms with Gasteiger partial charge in [0.2, 0.25) is 0 Å². The zero-order chi connectivity index (χ0) is 28.8. The lowest BCUT2D eigenvalue weighted by atomic mass is 9.67. The summed E-state index contributed by atoms with van der Waals surface area (Å²) >= 11 is 0. The average Bonchev–Trinajstić information content (AvgIpc) is 3.37. The maximum absolute atomic E-state index is 2.43. The molecule has 204 valence electrons. The number of hydrogen-bond acceptors (Lipinski definition) is 1. The summed E-state index contributed by atoms with van der Waals surface area (Å²) in [5.74, 6) is 0. The second kappa shape index (κ2) is 10.2. The summed E-state index contributed by atoms with van der Waals surface area (Å²) < 4.78 is 0. The molecule has 0 atom stereocenters. The summed E-state index contributed by atoms with van der Waals surface area (Å²) in [4.78, 5) is 2.40. The smallest absolute Gasteiger partial charge is 0.0714 e. The molecule has 1 aliphatic carbocycles. The van der Waals surface area contributed by atoms with Crippen LogP contribution in [-0.2, 0) is 5.41 Å². The molecule has 0 N–H and O–H groups in total. The van der Waals surface area contributed by atoms with Crippen LogP contribution in [0.3, 0.4) is 0 Å². The average molecular weight is 550 g/mol. The lowest BCUT2D eigenvalue weighted by Crippen LogP contribution is -2.28. The predicted molar refractivity (Wildman–Crippen MR) is 181 cm³/mol. The minimum absolute atomic E-state index is 0.438. The van der Waals surface area contributed by atoms with Gasteiger partial charge in [-0.1, -0.05) is 139 Å². The van der Waals surface area contributed by atoms with Crippen molar-refractivity contribution in [2.75, 3.05) is 4.90 Å². The molecule has 0 saturated heterocycles. The second-order valence-corrected chi connectivity index (χ2v) is 11.5. The van der Waals surface area contributed by atoms with Crippen molar-refractivity contribution in [2.45, 2.75) is 12.3 Å². The first-order chi connectivity index (χ1) is 21.2. The highest BCUT2D eigenvalue weighted by atomic mass is 15.1. The van der Waals surface area contributed by atoms with Crippen LogP contribution in [0, 0.1) is 6.92 Å². The molecule has 0 heterocycles. The molecule has 7 aromatic carbocycles. The molecule has 1 heteroatoms. The Morgan fingerprint density at radius 2 is 0.930 bits per heavy atom. The van der Waals surface area contributed by atoms with E-state index < -0.39 is 5.41 Å². The van der Waals surface area contributed by atoms with Crippen LogP contribution in [0.1, 0.15) is 27.8 Å². The quantitative estimate of drug-likeness (QED) is 0.206. The molecule has 1 aliphatic rings. The zero-order valence-electron chi connectivity index (χ0n) is 24.1. The van der Waals surface area contributed by atoms with Crippen LogP contribution in [0.2, 0.25) is 0 Å². The van der Waals surface area contributed by atoms with E-state index in [9.17, 15) is 0 Å². The molecule has 0 fully saturated rings. The molecule has 7 aromatic rings. The number of benzene rings is 7. The van der Waals surface area contributed by atoms with Crippen LogP contribution >= 0.6 is 0 Å². The number of nitrogens with zero attached hydrogens (tertiary/aromatic N) is 1. The molecule has 0 radical (unpaired) electrons. The standard InChI is InChI=1S/C42H31N/c1-30-20-23-35(24-21-30)43(36-25-22-31-12-8-9-13-32(31)28-36)37-26-27-39-38-18-10-11-19-40(38)42(41(39)29-37,33-14-4-2-5-15-33)34-16-6-3-7-17-34/h2-29H,1H3. The Morgan fingerprint density at radius 3 is 1.65 bits per heavy atom. The van der Waals surface area contributed by atoms with E-state index >= 15 is 0 Å². The SMILES string of the molecule is Cc1ccc(N(c2ccc3c(c2)C(c2ccccc2)(c2ccccc2)c2ccccc2-3)c2ccc3ccccc3c2)cc1. The third-order valence-corrected chi connectivity index (χ3v) is 8.98. The monoisotopic (exact) mass is 549 g/mol. The summed E-state index contributed by atoms with van der Waals surface area (Å²) in [5.41, 5.74) is 12.0. The Hall–Kier alpha value is -5.40.